The lowest BCUT2D eigenvalue weighted by Gasteiger charge is -2.21. The van der Waals surface area contributed by atoms with Crippen LogP contribution in [0.3, 0.4) is 0 Å². The summed E-state index contributed by atoms with van der Waals surface area (Å²) in [6, 6.07) is 5.47. The molecule has 0 saturated carbocycles. The van der Waals surface area contributed by atoms with Crippen molar-refractivity contribution in [2.45, 2.75) is 0 Å². The van der Waals surface area contributed by atoms with E-state index in [0.29, 0.717) is 37.9 Å². The van der Waals surface area contributed by atoms with Gasteiger partial charge in [0.1, 0.15) is 30.6 Å². The highest BCUT2D eigenvalue weighted by Crippen LogP contribution is 2.20. The second-order valence-electron chi connectivity index (χ2n) is 4.05. The number of anilines is 1. The Morgan fingerprint density at radius 2 is 1.91 bits per heavy atom. The Balaban J connectivity index is 2.80. The number of nitriles is 1. The average Bonchev–Trinajstić information content (AvgIpc) is 3.00. The molecule has 0 aliphatic carbocycles. The molecular formula is C17H18N2O3. The van der Waals surface area contributed by atoms with Crippen LogP contribution in [0, 0.1) is 23.7 Å². The fourth-order valence-electron chi connectivity index (χ4n) is 1.66. The molecule has 22 heavy (non-hydrogen) atoms. The molecule has 1 aromatic heterocycles. The van der Waals surface area contributed by atoms with Crippen LogP contribution in [-0.4, -0.2) is 26.3 Å². The van der Waals surface area contributed by atoms with Gasteiger partial charge in [0.2, 0.25) is 0 Å². The Hall–Kier alpha value is -3.05. The summed E-state index contributed by atoms with van der Waals surface area (Å²) in [7, 11) is 0. The highest BCUT2D eigenvalue weighted by Gasteiger charge is 2.11. The zero-order valence-electron chi connectivity index (χ0n) is 12.3. The van der Waals surface area contributed by atoms with E-state index in [1.165, 1.54) is 18.6 Å². The largest absolute Gasteiger partial charge is 0.500 e. The highest BCUT2D eigenvalue weighted by atomic mass is 16.5. The van der Waals surface area contributed by atoms with E-state index in [9.17, 15) is 0 Å². The molecule has 0 spiro atoms. The average molecular weight is 298 g/mol. The van der Waals surface area contributed by atoms with Crippen LogP contribution in [0.5, 0.6) is 0 Å². The summed E-state index contributed by atoms with van der Waals surface area (Å²) >= 11 is 0. The van der Waals surface area contributed by atoms with E-state index in [1.807, 2.05) is 11.0 Å². The molecule has 5 nitrogen and oxygen atoms in total. The number of ether oxygens (including phenoxy) is 2. The number of hydrogen-bond donors (Lipinski definition) is 0. The van der Waals surface area contributed by atoms with Crippen molar-refractivity contribution in [1.29, 1.82) is 5.26 Å². The van der Waals surface area contributed by atoms with E-state index in [1.54, 1.807) is 12.1 Å². The zero-order chi connectivity index (χ0) is 16.2. The topological polar surface area (TPSA) is 58.6 Å². The minimum absolute atomic E-state index is 0.206. The number of terminal acetylenes is 1. The molecule has 0 bridgehead atoms. The van der Waals surface area contributed by atoms with Crippen LogP contribution in [0.1, 0.15) is 5.76 Å². The van der Waals surface area contributed by atoms with Crippen molar-refractivity contribution < 1.29 is 13.9 Å². The Kier molecular flexibility index (Phi) is 7.57. The molecule has 0 aliphatic rings. The highest BCUT2D eigenvalue weighted by molar-refractivity contribution is 5.61. The maximum atomic E-state index is 8.83. The SMILES string of the molecule is C#C/C(C#N)=C/c1ccc(N(CCOC=C)CCOC=C)o1. The van der Waals surface area contributed by atoms with Gasteiger partial charge in [-0.05, 0) is 6.07 Å². The Bertz CT molecular complexity index is 572. The van der Waals surface area contributed by atoms with Gasteiger partial charge in [0.15, 0.2) is 5.88 Å². The summed E-state index contributed by atoms with van der Waals surface area (Å²) in [4.78, 5) is 1.95. The van der Waals surface area contributed by atoms with Gasteiger partial charge in [0, 0.05) is 12.1 Å². The molecule has 0 amide bonds. The van der Waals surface area contributed by atoms with Crippen molar-refractivity contribution >= 4 is 12.0 Å². The number of furan rings is 1. The quantitative estimate of drug-likeness (QED) is 0.288. The van der Waals surface area contributed by atoms with Crippen molar-refractivity contribution in [3.05, 3.63) is 49.1 Å². The number of rotatable bonds is 10. The predicted octanol–water partition coefficient (Wildman–Crippen LogP) is 2.95. The minimum Gasteiger partial charge on any atom is -0.500 e. The fraction of sp³-hybridized carbons (Fsp3) is 0.235. The van der Waals surface area contributed by atoms with Gasteiger partial charge in [0.05, 0.1) is 25.6 Å². The Labute approximate surface area is 130 Å². The monoisotopic (exact) mass is 298 g/mol. The molecule has 0 atom stereocenters. The third-order valence-corrected chi connectivity index (χ3v) is 2.68. The predicted molar refractivity (Wildman–Crippen MR) is 85.6 cm³/mol. The smallest absolute Gasteiger partial charge is 0.196 e. The maximum Gasteiger partial charge on any atom is 0.196 e. The molecule has 0 aromatic carbocycles. The summed E-state index contributed by atoms with van der Waals surface area (Å²) in [6.45, 7) is 9.14. The van der Waals surface area contributed by atoms with Gasteiger partial charge in [-0.25, -0.2) is 0 Å². The molecule has 0 fully saturated rings. The van der Waals surface area contributed by atoms with E-state index in [-0.39, 0.29) is 5.57 Å². The van der Waals surface area contributed by atoms with Crippen molar-refractivity contribution in [1.82, 2.24) is 0 Å². The van der Waals surface area contributed by atoms with Crippen LogP contribution < -0.4 is 4.90 Å². The van der Waals surface area contributed by atoms with Crippen molar-refractivity contribution in [3.8, 4) is 18.4 Å². The van der Waals surface area contributed by atoms with E-state index < -0.39 is 0 Å². The molecule has 0 unspecified atom stereocenters. The molecular weight excluding hydrogens is 280 g/mol. The molecule has 114 valence electrons. The van der Waals surface area contributed by atoms with E-state index in [2.05, 4.69) is 19.1 Å². The van der Waals surface area contributed by atoms with Crippen LogP contribution >= 0.6 is 0 Å². The first kappa shape index (κ1) is 17.0. The van der Waals surface area contributed by atoms with Crippen molar-refractivity contribution in [3.63, 3.8) is 0 Å². The molecule has 1 aromatic rings. The molecule has 0 radical (unpaired) electrons. The molecule has 5 heteroatoms. The molecule has 0 aliphatic heterocycles. The molecule has 1 rings (SSSR count). The van der Waals surface area contributed by atoms with Gasteiger partial charge < -0.3 is 18.8 Å². The lowest BCUT2D eigenvalue weighted by molar-refractivity contribution is 0.237. The van der Waals surface area contributed by atoms with Gasteiger partial charge in [-0.15, -0.1) is 6.42 Å². The van der Waals surface area contributed by atoms with Crippen LogP contribution in [0.2, 0.25) is 0 Å². The summed E-state index contributed by atoms with van der Waals surface area (Å²) in [5.74, 6) is 3.44. The first-order valence-corrected chi connectivity index (χ1v) is 6.63. The van der Waals surface area contributed by atoms with Gasteiger partial charge >= 0.3 is 0 Å². The third-order valence-electron chi connectivity index (χ3n) is 2.68. The number of nitrogens with zero attached hydrogens (tertiary/aromatic N) is 2. The third kappa shape index (κ3) is 5.52. The standard InChI is InChI=1S/C17H18N2O3/c1-4-15(14-18)13-16-7-8-17(22-16)19(9-11-20-5-2)10-12-21-6-3/h1,5-8,13H,2-3,9-12H2/b15-13-. The van der Waals surface area contributed by atoms with Crippen molar-refractivity contribution in [2.24, 2.45) is 0 Å². The summed E-state index contributed by atoms with van der Waals surface area (Å²) in [6.07, 6.45) is 9.51. The van der Waals surface area contributed by atoms with E-state index in [0.717, 1.165) is 0 Å². The van der Waals surface area contributed by atoms with Gasteiger partial charge in [0.25, 0.3) is 0 Å². The second kappa shape index (κ2) is 9.79. The fourth-order valence-corrected chi connectivity index (χ4v) is 1.66. The second-order valence-corrected chi connectivity index (χ2v) is 4.05. The lowest BCUT2D eigenvalue weighted by atomic mass is 10.2. The Morgan fingerprint density at radius 3 is 2.41 bits per heavy atom. The van der Waals surface area contributed by atoms with Crippen LogP contribution in [0.15, 0.2) is 47.8 Å². The van der Waals surface area contributed by atoms with Crippen LogP contribution in [0.4, 0.5) is 5.88 Å². The summed E-state index contributed by atoms with van der Waals surface area (Å²) in [5.41, 5.74) is 0.206. The first-order chi connectivity index (χ1) is 10.7. The van der Waals surface area contributed by atoms with Crippen LogP contribution in [-0.2, 0) is 9.47 Å². The van der Waals surface area contributed by atoms with Crippen molar-refractivity contribution in [2.75, 3.05) is 31.2 Å². The summed E-state index contributed by atoms with van der Waals surface area (Å²) in [5, 5.41) is 8.83. The molecule has 1 heterocycles. The zero-order valence-corrected chi connectivity index (χ0v) is 12.3. The Morgan fingerprint density at radius 1 is 1.27 bits per heavy atom. The van der Waals surface area contributed by atoms with Gasteiger partial charge in [-0.3, -0.25) is 0 Å². The minimum atomic E-state index is 0.206. The normalized spacial score (nSPS) is 10.2. The molecule has 0 saturated heterocycles. The first-order valence-electron chi connectivity index (χ1n) is 6.63. The van der Waals surface area contributed by atoms with Gasteiger partial charge in [-0.2, -0.15) is 5.26 Å². The number of allylic oxidation sites excluding steroid dienone is 1. The van der Waals surface area contributed by atoms with Gasteiger partial charge in [-0.1, -0.05) is 19.1 Å². The van der Waals surface area contributed by atoms with Crippen LogP contribution in [0.25, 0.3) is 6.08 Å². The molecule has 0 N–H and O–H groups in total. The van der Waals surface area contributed by atoms with E-state index in [4.69, 9.17) is 25.6 Å². The number of hydrogen-bond acceptors (Lipinski definition) is 5. The maximum absolute atomic E-state index is 8.83. The summed E-state index contributed by atoms with van der Waals surface area (Å²) < 4.78 is 16.0. The lowest BCUT2D eigenvalue weighted by Crippen LogP contribution is -2.30. The van der Waals surface area contributed by atoms with E-state index >= 15 is 0 Å².